The predicted molar refractivity (Wildman–Crippen MR) is 84.3 cm³/mol. The zero-order valence-corrected chi connectivity index (χ0v) is 13.7. The molecule has 0 fully saturated rings. The lowest BCUT2D eigenvalue weighted by Gasteiger charge is -2.08. The van der Waals surface area contributed by atoms with Gasteiger partial charge in [-0.2, -0.15) is 8.96 Å². The van der Waals surface area contributed by atoms with Crippen LogP contribution < -0.4 is 5.69 Å². The number of hydrogen-bond acceptors (Lipinski definition) is 5. The summed E-state index contributed by atoms with van der Waals surface area (Å²) in [5, 5.41) is 0.328. The zero-order chi connectivity index (χ0) is 17.2. The molecule has 0 unspecified atom stereocenters. The van der Waals surface area contributed by atoms with Crippen LogP contribution >= 0.6 is 11.6 Å². The highest BCUT2D eigenvalue weighted by atomic mass is 35.5. The van der Waals surface area contributed by atoms with E-state index in [4.69, 9.17) is 11.6 Å². The lowest BCUT2D eigenvalue weighted by Crippen LogP contribution is -2.29. The first-order valence-electron chi connectivity index (χ1n) is 6.23. The fourth-order valence-electron chi connectivity index (χ4n) is 1.56. The van der Waals surface area contributed by atoms with E-state index in [-0.39, 0.29) is 8.87 Å². The van der Waals surface area contributed by atoms with Crippen molar-refractivity contribution < 1.29 is 12.8 Å². The summed E-state index contributed by atoms with van der Waals surface area (Å²) in [5.41, 5.74) is -1.16. The Kier molecular flexibility index (Phi) is 4.81. The summed E-state index contributed by atoms with van der Waals surface area (Å²) < 4.78 is 38.9. The van der Waals surface area contributed by atoms with Crippen molar-refractivity contribution in [1.82, 2.24) is 13.9 Å². The molecule has 0 aliphatic rings. The van der Waals surface area contributed by atoms with Crippen molar-refractivity contribution in [3.05, 3.63) is 51.8 Å². The van der Waals surface area contributed by atoms with Gasteiger partial charge in [-0.25, -0.2) is 22.6 Å². The van der Waals surface area contributed by atoms with Crippen LogP contribution in [0, 0.1) is 5.82 Å². The summed E-state index contributed by atoms with van der Waals surface area (Å²) in [7, 11) is -0.983. The first-order chi connectivity index (χ1) is 10.7. The molecule has 0 bridgehead atoms. The molecule has 10 heteroatoms. The Balaban J connectivity index is 2.54. The third kappa shape index (κ3) is 3.74. The molecule has 2 aromatic rings. The Morgan fingerprint density at radius 3 is 2.48 bits per heavy atom. The van der Waals surface area contributed by atoms with Crippen LogP contribution in [0.4, 0.5) is 10.2 Å². The van der Waals surface area contributed by atoms with E-state index in [9.17, 15) is 17.6 Å². The Hall–Kier alpha value is -2.26. The fraction of sp³-hybridized carbons (Fsp3) is 0.154. The molecule has 7 nitrogen and oxygen atoms in total. The largest absolute Gasteiger partial charge is 0.369 e. The van der Waals surface area contributed by atoms with Crippen LogP contribution in [0.5, 0.6) is 0 Å². The van der Waals surface area contributed by atoms with E-state index < -0.39 is 27.3 Å². The number of aromatic nitrogens is 2. The van der Waals surface area contributed by atoms with Gasteiger partial charge in [-0.1, -0.05) is 11.6 Å². The number of aliphatic imine (C=N–C) groups is 1. The zero-order valence-electron chi connectivity index (χ0n) is 12.1. The van der Waals surface area contributed by atoms with E-state index in [2.05, 4.69) is 9.98 Å². The van der Waals surface area contributed by atoms with Gasteiger partial charge in [0.1, 0.15) is 0 Å². The molecule has 1 heterocycles. The monoisotopic (exact) mass is 358 g/mol. The van der Waals surface area contributed by atoms with Crippen LogP contribution in [0.1, 0.15) is 0 Å². The van der Waals surface area contributed by atoms with Crippen molar-refractivity contribution in [1.29, 1.82) is 0 Å². The second-order valence-corrected chi connectivity index (χ2v) is 6.91. The molecule has 0 spiro atoms. The number of rotatable bonds is 4. The lowest BCUT2D eigenvalue weighted by molar-refractivity contribution is 0.571. The summed E-state index contributed by atoms with van der Waals surface area (Å²) >= 11 is 5.69. The molecular formula is C13H12ClFN4O3S. The summed E-state index contributed by atoms with van der Waals surface area (Å²) in [6.45, 7) is 0. The third-order valence-electron chi connectivity index (χ3n) is 2.62. The van der Waals surface area contributed by atoms with E-state index in [0.29, 0.717) is 11.2 Å². The minimum absolute atomic E-state index is 0.213. The quantitative estimate of drug-likeness (QED) is 0.610. The number of benzene rings is 1. The molecule has 0 atom stereocenters. The van der Waals surface area contributed by atoms with Crippen molar-refractivity contribution in [2.24, 2.45) is 4.99 Å². The van der Waals surface area contributed by atoms with Crippen molar-refractivity contribution in [3.63, 3.8) is 0 Å². The summed E-state index contributed by atoms with van der Waals surface area (Å²) in [6, 6.07) is 5.11. The van der Waals surface area contributed by atoms with Gasteiger partial charge in [0.05, 0.1) is 17.4 Å². The molecular weight excluding hydrogens is 347 g/mol. The molecule has 23 heavy (non-hydrogen) atoms. The van der Waals surface area contributed by atoms with E-state index in [1.807, 2.05) is 0 Å². The number of nitrogens with zero attached hydrogens (tertiary/aromatic N) is 4. The maximum atomic E-state index is 14.0. The smallest absolute Gasteiger partial charge is 0.363 e. The maximum Gasteiger partial charge on any atom is 0.363 e. The average Bonchev–Trinajstić information content (AvgIpc) is 2.48. The van der Waals surface area contributed by atoms with Gasteiger partial charge in [0.15, 0.2) is 11.6 Å². The van der Waals surface area contributed by atoms with Gasteiger partial charge in [-0.3, -0.25) is 0 Å². The van der Waals surface area contributed by atoms with Crippen LogP contribution in [0.2, 0.25) is 5.02 Å². The normalized spacial score (nSPS) is 11.8. The maximum absolute atomic E-state index is 14.0. The van der Waals surface area contributed by atoms with Crippen molar-refractivity contribution in [2.75, 3.05) is 14.1 Å². The Morgan fingerprint density at radius 2 is 1.91 bits per heavy atom. The first kappa shape index (κ1) is 17.1. The molecule has 0 N–H and O–H groups in total. The molecule has 1 aromatic carbocycles. The highest BCUT2D eigenvalue weighted by Crippen LogP contribution is 2.17. The first-order valence-corrected chi connectivity index (χ1v) is 8.04. The summed E-state index contributed by atoms with van der Waals surface area (Å²) in [6.07, 6.45) is 1.78. The fourth-order valence-corrected chi connectivity index (χ4v) is 2.87. The highest BCUT2D eigenvalue weighted by Gasteiger charge is 2.21. The second-order valence-electron chi connectivity index (χ2n) is 4.66. The SMILES string of the molecule is CN(C)/C=N\c1nc(=O)n(S(=O)(=O)c2ccc(Cl)cc2)cc1F. The molecule has 0 radical (unpaired) electrons. The standard InChI is InChI=1S/C13H12ClFN4O3S/c1-18(2)8-16-12-11(15)7-19(13(20)17-12)23(21,22)10-5-3-9(14)4-6-10/h3-8H,1-2H3/b16-8-. The van der Waals surface area contributed by atoms with E-state index in [1.165, 1.54) is 35.5 Å². The number of halogens is 2. The third-order valence-corrected chi connectivity index (χ3v) is 4.52. The van der Waals surface area contributed by atoms with Crippen LogP contribution in [0.15, 0.2) is 45.1 Å². The molecule has 2 rings (SSSR count). The van der Waals surface area contributed by atoms with Crippen molar-refractivity contribution >= 4 is 33.8 Å². The van der Waals surface area contributed by atoms with Gasteiger partial charge in [0, 0.05) is 19.1 Å². The van der Waals surface area contributed by atoms with Crippen molar-refractivity contribution in [3.8, 4) is 0 Å². The molecule has 0 aliphatic carbocycles. The molecule has 0 saturated heterocycles. The average molecular weight is 359 g/mol. The van der Waals surface area contributed by atoms with Crippen LogP contribution in [-0.4, -0.2) is 42.7 Å². The molecule has 0 amide bonds. The minimum Gasteiger partial charge on any atom is -0.369 e. The van der Waals surface area contributed by atoms with E-state index in [0.717, 1.165) is 0 Å². The highest BCUT2D eigenvalue weighted by molar-refractivity contribution is 7.90. The van der Waals surface area contributed by atoms with E-state index >= 15 is 0 Å². The topological polar surface area (TPSA) is 84.6 Å². The summed E-state index contributed by atoms with van der Waals surface area (Å²) in [4.78, 5) is 20.2. The van der Waals surface area contributed by atoms with E-state index in [1.54, 1.807) is 14.1 Å². The van der Waals surface area contributed by atoms with Crippen LogP contribution in [-0.2, 0) is 10.0 Å². The molecule has 122 valence electrons. The summed E-state index contributed by atoms with van der Waals surface area (Å²) in [5.74, 6) is -1.54. The molecule has 0 saturated carbocycles. The van der Waals surface area contributed by atoms with Crippen LogP contribution in [0.25, 0.3) is 0 Å². The van der Waals surface area contributed by atoms with Gasteiger partial charge in [-0.15, -0.1) is 0 Å². The molecule has 1 aromatic heterocycles. The van der Waals surface area contributed by atoms with Crippen molar-refractivity contribution in [2.45, 2.75) is 4.90 Å². The predicted octanol–water partition coefficient (Wildman–Crippen LogP) is 1.49. The van der Waals surface area contributed by atoms with Crippen LogP contribution in [0.3, 0.4) is 0 Å². The van der Waals surface area contributed by atoms with Gasteiger partial charge in [0.25, 0.3) is 10.0 Å². The lowest BCUT2D eigenvalue weighted by atomic mass is 10.4. The second kappa shape index (κ2) is 6.47. The molecule has 0 aliphatic heterocycles. The Morgan fingerprint density at radius 1 is 1.30 bits per heavy atom. The van der Waals surface area contributed by atoms with Gasteiger partial charge in [-0.05, 0) is 24.3 Å². The Bertz CT molecular complexity index is 908. The minimum atomic E-state index is -4.28. The van der Waals surface area contributed by atoms with Gasteiger partial charge >= 0.3 is 5.69 Å². The van der Waals surface area contributed by atoms with Gasteiger partial charge in [0.2, 0.25) is 0 Å². The number of hydrogen-bond donors (Lipinski definition) is 0. The Labute approximate surface area is 136 Å². The van der Waals surface area contributed by atoms with Gasteiger partial charge < -0.3 is 4.90 Å².